The van der Waals surface area contributed by atoms with Gasteiger partial charge in [0.1, 0.15) is 5.56 Å². The Kier molecular flexibility index (Phi) is 2.81. The average molecular weight is 221 g/mol. The molecule has 1 aromatic heterocycles. The first-order valence-corrected chi connectivity index (χ1v) is 5.48. The van der Waals surface area contributed by atoms with Crippen molar-refractivity contribution >= 4 is 5.97 Å². The molecule has 4 nitrogen and oxygen atoms in total. The van der Waals surface area contributed by atoms with E-state index in [0.29, 0.717) is 5.75 Å². The van der Waals surface area contributed by atoms with Crippen LogP contribution in [0.15, 0.2) is 12.3 Å². The minimum absolute atomic E-state index is 0.185. The second-order valence-electron chi connectivity index (χ2n) is 4.38. The number of hydrogen-bond donors (Lipinski definition) is 1. The van der Waals surface area contributed by atoms with Gasteiger partial charge in [-0.2, -0.15) is 0 Å². The highest BCUT2D eigenvalue weighted by molar-refractivity contribution is 5.90. The highest BCUT2D eigenvalue weighted by atomic mass is 16.5. The third-order valence-electron chi connectivity index (χ3n) is 2.53. The van der Waals surface area contributed by atoms with Crippen molar-refractivity contribution in [1.82, 2.24) is 4.98 Å². The van der Waals surface area contributed by atoms with Crippen LogP contribution in [0.2, 0.25) is 0 Å². The Hall–Kier alpha value is -1.58. The van der Waals surface area contributed by atoms with Crippen LogP contribution < -0.4 is 4.74 Å². The Labute approximate surface area is 94.3 Å². The van der Waals surface area contributed by atoms with Crippen molar-refractivity contribution in [2.75, 3.05) is 0 Å². The van der Waals surface area contributed by atoms with E-state index in [1.165, 1.54) is 6.20 Å². The third kappa shape index (κ3) is 2.32. The van der Waals surface area contributed by atoms with Gasteiger partial charge in [0.15, 0.2) is 5.75 Å². The van der Waals surface area contributed by atoms with Crippen LogP contribution in [0.1, 0.15) is 48.7 Å². The van der Waals surface area contributed by atoms with Crippen molar-refractivity contribution < 1.29 is 14.6 Å². The standard InChI is InChI=1S/C12H15NO3/c1-7(2)10-5-9(12(14)15)11(6-13-10)16-8-3-4-8/h5-8H,3-4H2,1-2H3,(H,14,15). The minimum atomic E-state index is -0.958. The summed E-state index contributed by atoms with van der Waals surface area (Å²) in [6.45, 7) is 3.96. The summed E-state index contributed by atoms with van der Waals surface area (Å²) in [7, 11) is 0. The highest BCUT2D eigenvalue weighted by Crippen LogP contribution is 2.29. The summed E-state index contributed by atoms with van der Waals surface area (Å²) in [5, 5.41) is 9.10. The fraction of sp³-hybridized carbons (Fsp3) is 0.500. The number of rotatable bonds is 4. The number of carboxylic acids is 1. The number of ether oxygens (including phenoxy) is 1. The Morgan fingerprint density at radius 2 is 2.25 bits per heavy atom. The summed E-state index contributed by atoms with van der Waals surface area (Å²) in [5.41, 5.74) is 0.992. The fourth-order valence-corrected chi connectivity index (χ4v) is 1.40. The van der Waals surface area contributed by atoms with Crippen molar-refractivity contribution in [2.45, 2.75) is 38.7 Å². The zero-order valence-electron chi connectivity index (χ0n) is 9.43. The van der Waals surface area contributed by atoms with Crippen LogP contribution in [0.4, 0.5) is 0 Å². The molecule has 1 aliphatic rings. The van der Waals surface area contributed by atoms with Crippen molar-refractivity contribution in [2.24, 2.45) is 0 Å². The van der Waals surface area contributed by atoms with E-state index in [1.807, 2.05) is 13.8 Å². The molecule has 86 valence electrons. The maximum atomic E-state index is 11.1. The van der Waals surface area contributed by atoms with Gasteiger partial charge in [0, 0.05) is 5.69 Å². The molecule has 0 aliphatic heterocycles. The van der Waals surface area contributed by atoms with Gasteiger partial charge >= 0.3 is 5.97 Å². The van der Waals surface area contributed by atoms with E-state index < -0.39 is 5.97 Å². The van der Waals surface area contributed by atoms with E-state index in [1.54, 1.807) is 6.07 Å². The molecule has 0 unspecified atom stereocenters. The lowest BCUT2D eigenvalue weighted by molar-refractivity contribution is 0.0691. The van der Waals surface area contributed by atoms with Crippen LogP contribution in [-0.4, -0.2) is 22.2 Å². The largest absolute Gasteiger partial charge is 0.488 e. The Balaban J connectivity index is 2.32. The molecule has 1 saturated carbocycles. The van der Waals surface area contributed by atoms with Gasteiger partial charge in [0.2, 0.25) is 0 Å². The summed E-state index contributed by atoms with van der Waals surface area (Å²) in [6.07, 6.45) is 3.72. The van der Waals surface area contributed by atoms with E-state index in [2.05, 4.69) is 4.98 Å². The molecular weight excluding hydrogens is 206 g/mol. The lowest BCUT2D eigenvalue weighted by atomic mass is 10.1. The molecule has 1 heterocycles. The lowest BCUT2D eigenvalue weighted by Crippen LogP contribution is -2.07. The third-order valence-corrected chi connectivity index (χ3v) is 2.53. The maximum Gasteiger partial charge on any atom is 0.339 e. The first kappa shape index (κ1) is 10.9. The molecule has 1 fully saturated rings. The molecular formula is C12H15NO3. The molecule has 0 radical (unpaired) electrons. The van der Waals surface area contributed by atoms with Crippen LogP contribution >= 0.6 is 0 Å². The van der Waals surface area contributed by atoms with Crippen LogP contribution in [0.3, 0.4) is 0 Å². The van der Waals surface area contributed by atoms with Crippen molar-refractivity contribution in [3.63, 3.8) is 0 Å². The zero-order valence-corrected chi connectivity index (χ0v) is 9.43. The average Bonchev–Trinajstić information content (AvgIpc) is 3.01. The molecule has 0 aromatic carbocycles. The minimum Gasteiger partial charge on any atom is -0.488 e. The van der Waals surface area contributed by atoms with E-state index in [4.69, 9.17) is 9.84 Å². The number of hydrogen-bond acceptors (Lipinski definition) is 3. The monoisotopic (exact) mass is 221 g/mol. The van der Waals surface area contributed by atoms with Gasteiger partial charge in [-0.05, 0) is 24.8 Å². The highest BCUT2D eigenvalue weighted by Gasteiger charge is 2.26. The van der Waals surface area contributed by atoms with Crippen LogP contribution in [-0.2, 0) is 0 Å². The first-order chi connectivity index (χ1) is 7.58. The molecule has 2 rings (SSSR count). The number of carboxylic acid groups (broad SMARTS) is 1. The van der Waals surface area contributed by atoms with Gasteiger partial charge in [-0.15, -0.1) is 0 Å². The summed E-state index contributed by atoms with van der Waals surface area (Å²) in [4.78, 5) is 15.3. The molecule has 0 amide bonds. The lowest BCUT2D eigenvalue weighted by Gasteiger charge is -2.10. The Morgan fingerprint density at radius 3 is 2.75 bits per heavy atom. The van der Waals surface area contributed by atoms with Gasteiger partial charge < -0.3 is 9.84 Å². The van der Waals surface area contributed by atoms with E-state index in [9.17, 15) is 4.79 Å². The predicted octanol–water partition coefficient (Wildman–Crippen LogP) is 2.44. The van der Waals surface area contributed by atoms with Gasteiger partial charge in [-0.3, -0.25) is 4.98 Å². The molecule has 1 N–H and O–H groups in total. The van der Waals surface area contributed by atoms with Crippen molar-refractivity contribution in [3.8, 4) is 5.75 Å². The summed E-state index contributed by atoms with van der Waals surface area (Å²) >= 11 is 0. The molecule has 4 heteroatoms. The van der Waals surface area contributed by atoms with E-state index in [-0.39, 0.29) is 17.6 Å². The SMILES string of the molecule is CC(C)c1cc(C(=O)O)c(OC2CC2)cn1. The summed E-state index contributed by atoms with van der Waals surface area (Å²) in [6, 6.07) is 1.60. The predicted molar refractivity (Wildman–Crippen MR) is 58.9 cm³/mol. The molecule has 1 aromatic rings. The van der Waals surface area contributed by atoms with E-state index >= 15 is 0 Å². The molecule has 16 heavy (non-hydrogen) atoms. The number of aromatic carboxylic acids is 1. The fourth-order valence-electron chi connectivity index (χ4n) is 1.40. The van der Waals surface area contributed by atoms with Crippen LogP contribution in [0.5, 0.6) is 5.75 Å². The maximum absolute atomic E-state index is 11.1. The number of nitrogens with zero attached hydrogens (tertiary/aromatic N) is 1. The molecule has 0 bridgehead atoms. The van der Waals surface area contributed by atoms with Crippen molar-refractivity contribution in [1.29, 1.82) is 0 Å². The number of aromatic nitrogens is 1. The van der Waals surface area contributed by atoms with Gasteiger partial charge in [0.05, 0.1) is 12.3 Å². The summed E-state index contributed by atoms with van der Waals surface area (Å²) in [5.74, 6) is -0.354. The first-order valence-electron chi connectivity index (χ1n) is 5.48. The van der Waals surface area contributed by atoms with Crippen LogP contribution in [0.25, 0.3) is 0 Å². The molecule has 1 aliphatic carbocycles. The van der Waals surface area contributed by atoms with Gasteiger partial charge in [0.25, 0.3) is 0 Å². The number of pyridine rings is 1. The molecule has 0 atom stereocenters. The zero-order chi connectivity index (χ0) is 11.7. The quantitative estimate of drug-likeness (QED) is 0.848. The normalized spacial score (nSPS) is 15.2. The van der Waals surface area contributed by atoms with Gasteiger partial charge in [-0.1, -0.05) is 13.8 Å². The number of carbonyl (C=O) groups is 1. The van der Waals surface area contributed by atoms with Crippen molar-refractivity contribution in [3.05, 3.63) is 23.5 Å². The van der Waals surface area contributed by atoms with E-state index in [0.717, 1.165) is 18.5 Å². The Bertz CT molecular complexity index is 411. The second kappa shape index (κ2) is 4.12. The topological polar surface area (TPSA) is 59.4 Å². The molecule has 0 saturated heterocycles. The Morgan fingerprint density at radius 1 is 1.56 bits per heavy atom. The summed E-state index contributed by atoms with van der Waals surface area (Å²) < 4.78 is 5.51. The second-order valence-corrected chi connectivity index (χ2v) is 4.38. The molecule has 0 spiro atoms. The van der Waals surface area contributed by atoms with Crippen LogP contribution in [0, 0.1) is 0 Å². The smallest absolute Gasteiger partial charge is 0.339 e. The van der Waals surface area contributed by atoms with Gasteiger partial charge in [-0.25, -0.2) is 4.79 Å².